The Kier molecular flexibility index (Phi) is 5.00. The molecule has 3 aromatic rings. The monoisotopic (exact) mass is 383 g/mol. The molecule has 4 heterocycles. The van der Waals surface area contributed by atoms with Gasteiger partial charge in [-0.25, -0.2) is 15.0 Å². The summed E-state index contributed by atoms with van der Waals surface area (Å²) in [5, 5.41) is 2.86. The van der Waals surface area contributed by atoms with Crippen LogP contribution in [0.3, 0.4) is 0 Å². The molecule has 1 fully saturated rings. The van der Waals surface area contributed by atoms with Crippen molar-refractivity contribution >= 4 is 23.1 Å². The number of carbonyl (C=O) groups is 1. The Labute approximate surface area is 162 Å². The molecular formula is C19H23N6OS+. The minimum Gasteiger partial charge on any atom is -0.330 e. The van der Waals surface area contributed by atoms with Gasteiger partial charge in [0.05, 0.1) is 26.2 Å². The molecule has 1 aliphatic rings. The van der Waals surface area contributed by atoms with Crippen LogP contribution in [0.4, 0.5) is 5.95 Å². The Morgan fingerprint density at radius 2 is 1.89 bits per heavy atom. The summed E-state index contributed by atoms with van der Waals surface area (Å²) in [4.78, 5) is 29.4. The van der Waals surface area contributed by atoms with Crippen LogP contribution in [0, 0.1) is 13.8 Å². The van der Waals surface area contributed by atoms with Crippen LogP contribution in [0.1, 0.15) is 21.7 Å². The number of carbonyl (C=O) groups excluding carboxylic acids is 1. The van der Waals surface area contributed by atoms with Crippen LogP contribution in [-0.2, 0) is 0 Å². The second-order valence-corrected chi connectivity index (χ2v) is 7.69. The molecule has 3 aromatic heterocycles. The third kappa shape index (κ3) is 3.63. The molecule has 1 saturated heterocycles. The normalized spacial score (nSPS) is 15.3. The van der Waals surface area contributed by atoms with Crippen LogP contribution < -0.4 is 9.80 Å². The van der Waals surface area contributed by atoms with E-state index in [9.17, 15) is 4.79 Å². The van der Waals surface area contributed by atoms with Crippen LogP contribution >= 0.6 is 11.3 Å². The number of aryl methyl sites for hydroxylation is 1. The second-order valence-electron chi connectivity index (χ2n) is 6.82. The predicted molar refractivity (Wildman–Crippen MR) is 105 cm³/mol. The third-order valence-electron chi connectivity index (χ3n) is 5.06. The largest absolute Gasteiger partial charge is 0.330 e. The number of rotatable bonds is 5. The van der Waals surface area contributed by atoms with Gasteiger partial charge in [0.1, 0.15) is 6.54 Å². The maximum atomic E-state index is 12.9. The molecule has 0 saturated carbocycles. The highest BCUT2D eigenvalue weighted by Gasteiger charge is 2.26. The molecule has 0 aliphatic carbocycles. The van der Waals surface area contributed by atoms with E-state index in [2.05, 4.69) is 24.4 Å². The summed E-state index contributed by atoms with van der Waals surface area (Å²) in [6, 6.07) is 3.82. The van der Waals surface area contributed by atoms with E-state index in [0.717, 1.165) is 54.2 Å². The summed E-state index contributed by atoms with van der Waals surface area (Å²) < 4.78 is 2.07. The fourth-order valence-electron chi connectivity index (χ4n) is 3.64. The van der Waals surface area contributed by atoms with Gasteiger partial charge < -0.3 is 9.80 Å². The highest BCUT2D eigenvalue weighted by Crippen LogP contribution is 2.22. The van der Waals surface area contributed by atoms with Gasteiger partial charge in [-0.2, -0.15) is 0 Å². The van der Waals surface area contributed by atoms with E-state index < -0.39 is 0 Å². The van der Waals surface area contributed by atoms with Gasteiger partial charge in [-0.15, -0.1) is 11.3 Å². The molecule has 140 valence electrons. The molecule has 8 heteroatoms. The van der Waals surface area contributed by atoms with Crippen LogP contribution in [0.15, 0.2) is 36.1 Å². The first-order valence-electron chi connectivity index (χ1n) is 9.11. The van der Waals surface area contributed by atoms with Crippen LogP contribution in [-0.4, -0.2) is 58.0 Å². The molecule has 1 N–H and O–H groups in total. The van der Waals surface area contributed by atoms with Crippen LogP contribution in [0.25, 0.3) is 5.13 Å². The van der Waals surface area contributed by atoms with Crippen LogP contribution in [0.5, 0.6) is 0 Å². The van der Waals surface area contributed by atoms with Crippen LogP contribution in [0.2, 0.25) is 0 Å². The first-order chi connectivity index (χ1) is 13.1. The Balaban J connectivity index is 1.41. The molecule has 1 aliphatic heterocycles. The van der Waals surface area contributed by atoms with Crippen molar-refractivity contribution in [1.29, 1.82) is 0 Å². The summed E-state index contributed by atoms with van der Waals surface area (Å²) in [5.41, 5.74) is 2.83. The Morgan fingerprint density at radius 3 is 2.56 bits per heavy atom. The lowest BCUT2D eigenvalue weighted by Crippen LogP contribution is -3.15. The molecule has 0 radical (unpaired) electrons. The number of Topliss-reactive ketones (excluding diaryl/α,β-unsaturated/α-hetero) is 1. The Bertz CT molecular complexity index is 913. The fourth-order valence-corrected chi connectivity index (χ4v) is 4.39. The lowest BCUT2D eigenvalue weighted by Gasteiger charge is -2.31. The Hall–Kier alpha value is -2.58. The van der Waals surface area contributed by atoms with Gasteiger partial charge in [-0.3, -0.25) is 9.36 Å². The summed E-state index contributed by atoms with van der Waals surface area (Å²) in [7, 11) is 0. The number of quaternary nitrogens is 1. The number of anilines is 1. The fraction of sp³-hybridized carbons (Fsp3) is 0.368. The minimum absolute atomic E-state index is 0.199. The van der Waals surface area contributed by atoms with Crippen molar-refractivity contribution in [3.63, 3.8) is 0 Å². The van der Waals surface area contributed by atoms with Gasteiger partial charge in [0.2, 0.25) is 11.7 Å². The summed E-state index contributed by atoms with van der Waals surface area (Å²) in [6.07, 6.45) is 5.33. The third-order valence-corrected chi connectivity index (χ3v) is 5.81. The predicted octanol–water partition coefficient (Wildman–Crippen LogP) is 0.928. The van der Waals surface area contributed by atoms with E-state index in [4.69, 9.17) is 0 Å². The van der Waals surface area contributed by atoms with Crippen molar-refractivity contribution in [2.75, 3.05) is 37.6 Å². The maximum absolute atomic E-state index is 12.9. The van der Waals surface area contributed by atoms with E-state index in [1.807, 2.05) is 31.4 Å². The number of nitrogens with one attached hydrogen (secondary N) is 1. The van der Waals surface area contributed by atoms with Gasteiger partial charge in [0, 0.05) is 40.9 Å². The zero-order chi connectivity index (χ0) is 18.8. The average Bonchev–Trinajstić information content (AvgIpc) is 3.31. The van der Waals surface area contributed by atoms with E-state index >= 15 is 0 Å². The maximum Gasteiger partial charge on any atom is 0.225 e. The van der Waals surface area contributed by atoms with Crippen molar-refractivity contribution in [3.8, 4) is 5.13 Å². The lowest BCUT2D eigenvalue weighted by molar-refractivity contribution is -0.892. The van der Waals surface area contributed by atoms with Crippen molar-refractivity contribution < 1.29 is 9.69 Å². The standard InChI is InChI=1S/C19H22N6OS/c1-14-12-16(15(2)25(14)19-22-6-11-27-19)17(26)13-23-7-9-24(10-8-23)18-20-4-3-5-21-18/h3-6,11-12H,7-10,13H2,1-2H3/p+1. The lowest BCUT2D eigenvalue weighted by atomic mass is 10.1. The number of nitrogens with zero attached hydrogens (tertiary/aromatic N) is 5. The molecule has 0 amide bonds. The molecule has 4 rings (SSSR count). The van der Waals surface area contributed by atoms with Crippen molar-refractivity contribution in [1.82, 2.24) is 19.5 Å². The van der Waals surface area contributed by atoms with Crippen molar-refractivity contribution in [2.24, 2.45) is 0 Å². The van der Waals surface area contributed by atoms with Crippen molar-refractivity contribution in [3.05, 3.63) is 53.1 Å². The molecular weight excluding hydrogens is 360 g/mol. The highest BCUT2D eigenvalue weighted by atomic mass is 32.1. The van der Waals surface area contributed by atoms with Gasteiger partial charge in [-0.1, -0.05) is 0 Å². The highest BCUT2D eigenvalue weighted by molar-refractivity contribution is 7.12. The van der Waals surface area contributed by atoms with Crippen molar-refractivity contribution in [2.45, 2.75) is 13.8 Å². The van der Waals surface area contributed by atoms with E-state index in [0.29, 0.717) is 6.54 Å². The molecule has 0 spiro atoms. The first kappa shape index (κ1) is 17.8. The molecule has 0 atom stereocenters. The van der Waals surface area contributed by atoms with E-state index in [-0.39, 0.29) is 5.78 Å². The zero-order valence-corrected chi connectivity index (χ0v) is 16.4. The smallest absolute Gasteiger partial charge is 0.225 e. The van der Waals surface area contributed by atoms with Gasteiger partial charge in [0.25, 0.3) is 0 Å². The second kappa shape index (κ2) is 7.58. The SMILES string of the molecule is Cc1cc(C(=O)C[NH+]2CCN(c3ncccn3)CC2)c(C)n1-c1nccs1. The number of aromatic nitrogens is 4. The summed E-state index contributed by atoms with van der Waals surface area (Å²) >= 11 is 1.58. The van der Waals surface area contributed by atoms with Gasteiger partial charge >= 0.3 is 0 Å². The first-order valence-corrected chi connectivity index (χ1v) is 9.99. The molecule has 7 nitrogen and oxygen atoms in total. The minimum atomic E-state index is 0.199. The topological polar surface area (TPSA) is 68.3 Å². The quantitative estimate of drug-likeness (QED) is 0.664. The summed E-state index contributed by atoms with van der Waals surface area (Å²) in [6.45, 7) is 8.10. The molecule has 0 aromatic carbocycles. The number of thiazole rings is 1. The van der Waals surface area contributed by atoms with Gasteiger partial charge in [-0.05, 0) is 26.0 Å². The van der Waals surface area contributed by atoms with E-state index in [1.165, 1.54) is 4.90 Å². The zero-order valence-electron chi connectivity index (χ0n) is 15.6. The van der Waals surface area contributed by atoms with Gasteiger partial charge in [0.15, 0.2) is 5.13 Å². The van der Waals surface area contributed by atoms with E-state index in [1.54, 1.807) is 29.9 Å². The number of hydrogen-bond donors (Lipinski definition) is 1. The number of piperazine rings is 1. The summed E-state index contributed by atoms with van der Waals surface area (Å²) in [5.74, 6) is 0.972. The molecule has 0 unspecified atom stereocenters. The average molecular weight is 384 g/mol. The molecule has 0 bridgehead atoms. The Morgan fingerprint density at radius 1 is 1.15 bits per heavy atom. The molecule has 27 heavy (non-hydrogen) atoms. The number of hydrogen-bond acceptors (Lipinski definition) is 6. The number of ketones is 1.